The summed E-state index contributed by atoms with van der Waals surface area (Å²) < 4.78 is 6.86. The molecule has 78 valence electrons. The van der Waals surface area contributed by atoms with Crippen molar-refractivity contribution in [2.24, 2.45) is 7.05 Å². The number of carbonyl (C=O) groups is 1. The van der Waals surface area contributed by atoms with Gasteiger partial charge < -0.3 is 4.74 Å². The second kappa shape index (κ2) is 5.95. The van der Waals surface area contributed by atoms with E-state index in [0.29, 0.717) is 5.56 Å². The van der Waals surface area contributed by atoms with Crippen molar-refractivity contribution >= 4 is 29.9 Å². The molecule has 14 heavy (non-hydrogen) atoms. The maximum atomic E-state index is 11.4. The zero-order chi connectivity index (χ0) is 9.84. The fraction of sp³-hybridized carbons (Fsp3) is 0.400. The highest BCUT2D eigenvalue weighted by Crippen LogP contribution is 2.00. The number of nitrogens with zero attached hydrogens (tertiary/aromatic N) is 1. The van der Waals surface area contributed by atoms with Crippen LogP contribution in [0.15, 0.2) is 24.5 Å². The van der Waals surface area contributed by atoms with Crippen molar-refractivity contribution in [3.05, 3.63) is 30.1 Å². The van der Waals surface area contributed by atoms with Gasteiger partial charge in [0.2, 0.25) is 0 Å². The van der Waals surface area contributed by atoms with Crippen molar-refractivity contribution in [1.29, 1.82) is 0 Å². The summed E-state index contributed by atoms with van der Waals surface area (Å²) in [5.41, 5.74) is 0.582. The van der Waals surface area contributed by atoms with E-state index in [2.05, 4.69) is 0 Å². The number of ether oxygens (including phenoxy) is 1. The quantitative estimate of drug-likeness (QED) is 0.473. The van der Waals surface area contributed by atoms with Crippen LogP contribution in [-0.2, 0) is 11.8 Å². The number of halogens is 1. The number of hydrogen-bond acceptors (Lipinski definition) is 2. The molecule has 0 radical (unpaired) electrons. The lowest BCUT2D eigenvalue weighted by atomic mass is 10.3. The van der Waals surface area contributed by atoms with Crippen LogP contribution in [0.25, 0.3) is 0 Å². The first-order valence-corrected chi connectivity index (χ1v) is 4.26. The smallest absolute Gasteiger partial charge is 0.344 e. The highest BCUT2D eigenvalue weighted by molar-refractivity contribution is 14.0. The van der Waals surface area contributed by atoms with Crippen molar-refractivity contribution < 1.29 is 14.1 Å². The van der Waals surface area contributed by atoms with Gasteiger partial charge in [0.25, 0.3) is 0 Å². The highest BCUT2D eigenvalue weighted by atomic mass is 127. The monoisotopic (exact) mass is 308 g/mol. The number of aryl methyl sites for hydroxylation is 1. The van der Waals surface area contributed by atoms with E-state index in [-0.39, 0.29) is 36.0 Å². The summed E-state index contributed by atoms with van der Waals surface area (Å²) in [4.78, 5) is 11.4. The Kier molecular flexibility index (Phi) is 5.68. The van der Waals surface area contributed by atoms with Gasteiger partial charge >= 0.3 is 5.97 Å². The Labute approximate surface area is 101 Å². The molecule has 0 saturated heterocycles. The molecule has 0 atom stereocenters. The number of hydrogen-bond donors (Lipinski definition) is 0. The van der Waals surface area contributed by atoms with Gasteiger partial charge in [0.05, 0.1) is 6.10 Å². The van der Waals surface area contributed by atoms with Crippen molar-refractivity contribution in [2.75, 3.05) is 0 Å². The first-order chi connectivity index (χ1) is 6.09. The summed E-state index contributed by atoms with van der Waals surface area (Å²) >= 11 is 0. The molecule has 3 nitrogen and oxygen atoms in total. The molecular weight excluding hydrogens is 293 g/mol. The van der Waals surface area contributed by atoms with E-state index in [1.165, 1.54) is 0 Å². The minimum Gasteiger partial charge on any atom is -0.459 e. The molecule has 0 spiro atoms. The van der Waals surface area contributed by atoms with E-state index in [9.17, 15) is 4.79 Å². The Bertz CT molecular complexity index is 313. The van der Waals surface area contributed by atoms with Crippen LogP contribution in [0.2, 0.25) is 0 Å². The molecule has 0 bridgehead atoms. The lowest BCUT2D eigenvalue weighted by Crippen LogP contribution is -2.28. The van der Waals surface area contributed by atoms with Crippen molar-refractivity contribution in [2.45, 2.75) is 20.0 Å². The molecule has 0 fully saturated rings. The number of rotatable bonds is 2. The second-order valence-corrected chi connectivity index (χ2v) is 3.21. The average molecular weight is 308 g/mol. The van der Waals surface area contributed by atoms with Gasteiger partial charge in [0.15, 0.2) is 12.4 Å². The van der Waals surface area contributed by atoms with Crippen LogP contribution in [-0.4, -0.2) is 12.1 Å². The molecule has 1 rings (SSSR count). The van der Waals surface area contributed by atoms with Crippen molar-refractivity contribution in [1.82, 2.24) is 0 Å². The first kappa shape index (κ1) is 13.4. The minimum atomic E-state index is -0.272. The zero-order valence-corrected chi connectivity index (χ0v) is 10.9. The predicted octanol–water partition coefficient (Wildman–Crippen LogP) is 1.69. The van der Waals surface area contributed by atoms with Gasteiger partial charge in [0, 0.05) is 6.07 Å². The number of aromatic nitrogens is 1. The van der Waals surface area contributed by atoms with Crippen LogP contribution in [0.4, 0.5) is 0 Å². The lowest BCUT2D eigenvalue weighted by Gasteiger charge is -2.06. The van der Waals surface area contributed by atoms with Gasteiger partial charge in [-0.05, 0) is 19.9 Å². The van der Waals surface area contributed by atoms with E-state index in [1.54, 1.807) is 12.3 Å². The normalized spacial score (nSPS) is 9.43. The van der Waals surface area contributed by atoms with E-state index in [1.807, 2.05) is 37.7 Å². The maximum absolute atomic E-state index is 11.4. The molecule has 0 aliphatic carbocycles. The van der Waals surface area contributed by atoms with Crippen LogP contribution in [0, 0.1) is 0 Å². The topological polar surface area (TPSA) is 30.2 Å². The van der Waals surface area contributed by atoms with Crippen LogP contribution in [0.3, 0.4) is 0 Å². The van der Waals surface area contributed by atoms with E-state index < -0.39 is 0 Å². The van der Waals surface area contributed by atoms with Gasteiger partial charge in [-0.3, -0.25) is 0 Å². The van der Waals surface area contributed by atoms with Gasteiger partial charge in [0.1, 0.15) is 12.6 Å². The molecule has 0 aliphatic heterocycles. The number of carbonyl (C=O) groups excluding carboxylic acids is 1. The van der Waals surface area contributed by atoms with E-state index in [0.717, 1.165) is 0 Å². The van der Waals surface area contributed by atoms with Crippen LogP contribution in [0.1, 0.15) is 24.2 Å². The van der Waals surface area contributed by atoms with Crippen molar-refractivity contribution in [3.63, 3.8) is 0 Å². The fourth-order valence-corrected chi connectivity index (χ4v) is 0.991. The summed E-state index contributed by atoms with van der Waals surface area (Å²) in [6, 6.07) is 3.56. The van der Waals surface area contributed by atoms with Gasteiger partial charge in [-0.2, -0.15) is 0 Å². The third-order valence-electron chi connectivity index (χ3n) is 1.52. The molecule has 0 unspecified atom stereocenters. The van der Waals surface area contributed by atoms with Crippen molar-refractivity contribution in [3.8, 4) is 0 Å². The molecule has 1 aromatic heterocycles. The third kappa shape index (κ3) is 4.04. The molecule has 0 aromatic carbocycles. The first-order valence-electron chi connectivity index (χ1n) is 4.26. The SMILES string of the molecule is CC(C)OC(=O)c1ccc[n+](C)c1.I. The Hall–Kier alpha value is -0.650. The summed E-state index contributed by atoms with van der Waals surface area (Å²) in [6.45, 7) is 3.67. The van der Waals surface area contributed by atoms with Gasteiger partial charge in [-0.25, -0.2) is 9.36 Å². The van der Waals surface area contributed by atoms with Crippen LogP contribution < -0.4 is 4.57 Å². The lowest BCUT2D eigenvalue weighted by molar-refractivity contribution is -0.671. The van der Waals surface area contributed by atoms with Gasteiger partial charge in [-0.15, -0.1) is 24.0 Å². The van der Waals surface area contributed by atoms with Crippen LogP contribution >= 0.6 is 24.0 Å². The maximum Gasteiger partial charge on any atom is 0.344 e. The largest absolute Gasteiger partial charge is 0.459 e. The molecule has 1 heterocycles. The molecule has 4 heteroatoms. The summed E-state index contributed by atoms with van der Waals surface area (Å²) in [5, 5.41) is 0. The molecular formula is C10H15INO2+. The Morgan fingerprint density at radius 2 is 2.14 bits per heavy atom. The number of esters is 1. The minimum absolute atomic E-state index is 0. The predicted molar refractivity (Wildman–Crippen MR) is 63.6 cm³/mol. The summed E-state index contributed by atoms with van der Waals surface area (Å²) in [5.74, 6) is -0.272. The Morgan fingerprint density at radius 1 is 1.50 bits per heavy atom. The zero-order valence-electron chi connectivity index (χ0n) is 8.56. The Morgan fingerprint density at radius 3 is 2.64 bits per heavy atom. The molecule has 0 N–H and O–H groups in total. The molecule has 0 saturated carbocycles. The Balaban J connectivity index is 0.00000169. The highest BCUT2D eigenvalue weighted by Gasteiger charge is 2.11. The number of pyridine rings is 1. The van der Waals surface area contributed by atoms with E-state index in [4.69, 9.17) is 4.74 Å². The fourth-order valence-electron chi connectivity index (χ4n) is 0.991. The summed E-state index contributed by atoms with van der Waals surface area (Å²) in [6.07, 6.45) is 3.54. The van der Waals surface area contributed by atoms with Crippen LogP contribution in [0.5, 0.6) is 0 Å². The standard InChI is InChI=1S/C10H14NO2.HI/c1-8(2)13-10(12)9-5-4-6-11(3)7-9;/h4-8H,1-3H3;1H/q+1;. The molecule has 0 amide bonds. The molecule has 1 aromatic rings. The summed E-state index contributed by atoms with van der Waals surface area (Å²) in [7, 11) is 1.87. The average Bonchev–Trinajstić information content (AvgIpc) is 2.03. The van der Waals surface area contributed by atoms with E-state index >= 15 is 0 Å². The van der Waals surface area contributed by atoms with Gasteiger partial charge in [-0.1, -0.05) is 0 Å². The molecule has 0 aliphatic rings. The second-order valence-electron chi connectivity index (χ2n) is 3.21. The third-order valence-corrected chi connectivity index (χ3v) is 1.52.